The Hall–Kier alpha value is -3.61. The number of ether oxygens (including phenoxy) is 1. The molecule has 0 saturated heterocycles. The molecule has 1 N–H and O–H groups in total. The molecule has 1 aromatic heterocycles. The molecule has 174 valence electrons. The molecule has 0 spiro atoms. The van der Waals surface area contributed by atoms with E-state index >= 15 is 0 Å². The van der Waals surface area contributed by atoms with E-state index in [2.05, 4.69) is 10.5 Å². The lowest BCUT2D eigenvalue weighted by molar-refractivity contribution is -0.121. The SMILES string of the molecule is COc1ccc(-c2cc(C(=O)N(CCC(=O)N[C@H](C)c3ccccc3)CC(C)C)no2)cc1. The van der Waals surface area contributed by atoms with Crippen molar-refractivity contribution < 1.29 is 18.8 Å². The van der Waals surface area contributed by atoms with E-state index in [0.717, 1.165) is 16.9 Å². The van der Waals surface area contributed by atoms with Gasteiger partial charge in [-0.25, -0.2) is 0 Å². The number of carbonyl (C=O) groups is 2. The van der Waals surface area contributed by atoms with Crippen LogP contribution in [0.1, 0.15) is 49.3 Å². The summed E-state index contributed by atoms with van der Waals surface area (Å²) in [4.78, 5) is 27.3. The van der Waals surface area contributed by atoms with E-state index in [1.165, 1.54) is 0 Å². The first-order chi connectivity index (χ1) is 15.9. The van der Waals surface area contributed by atoms with Crippen LogP contribution in [0.25, 0.3) is 11.3 Å². The lowest BCUT2D eigenvalue weighted by Gasteiger charge is -2.24. The smallest absolute Gasteiger partial charge is 0.276 e. The second kappa shape index (κ2) is 11.3. The number of hydrogen-bond donors (Lipinski definition) is 1. The van der Waals surface area contributed by atoms with E-state index < -0.39 is 0 Å². The number of benzene rings is 2. The summed E-state index contributed by atoms with van der Waals surface area (Å²) in [6.45, 7) is 6.83. The highest BCUT2D eigenvalue weighted by Gasteiger charge is 2.22. The summed E-state index contributed by atoms with van der Waals surface area (Å²) in [6, 6.07) is 18.6. The van der Waals surface area contributed by atoms with Crippen LogP contribution in [-0.2, 0) is 4.79 Å². The van der Waals surface area contributed by atoms with Gasteiger partial charge in [0, 0.05) is 31.1 Å². The van der Waals surface area contributed by atoms with Crippen LogP contribution in [0.15, 0.2) is 65.2 Å². The minimum absolute atomic E-state index is 0.101. The zero-order valence-corrected chi connectivity index (χ0v) is 19.6. The molecule has 0 unspecified atom stereocenters. The minimum Gasteiger partial charge on any atom is -0.497 e. The van der Waals surface area contributed by atoms with Crippen LogP contribution in [0.3, 0.4) is 0 Å². The van der Waals surface area contributed by atoms with E-state index in [1.54, 1.807) is 18.1 Å². The standard InChI is InChI=1S/C26H31N3O4/c1-18(2)17-29(15-14-25(30)27-19(3)20-8-6-5-7-9-20)26(31)23-16-24(33-28-23)21-10-12-22(32-4)13-11-21/h5-13,16,18-19H,14-15,17H2,1-4H3,(H,27,30)/t19-/m1/s1. The summed E-state index contributed by atoms with van der Waals surface area (Å²) in [5.41, 5.74) is 2.06. The lowest BCUT2D eigenvalue weighted by Crippen LogP contribution is -2.38. The molecule has 7 heteroatoms. The largest absolute Gasteiger partial charge is 0.497 e. The number of amides is 2. The Morgan fingerprint density at radius 3 is 2.39 bits per heavy atom. The van der Waals surface area contributed by atoms with Crippen molar-refractivity contribution in [3.63, 3.8) is 0 Å². The van der Waals surface area contributed by atoms with Crippen LogP contribution in [0.2, 0.25) is 0 Å². The lowest BCUT2D eigenvalue weighted by atomic mass is 10.1. The van der Waals surface area contributed by atoms with Gasteiger partial charge in [-0.05, 0) is 42.7 Å². The molecular weight excluding hydrogens is 418 g/mol. The molecule has 7 nitrogen and oxygen atoms in total. The molecule has 2 aromatic carbocycles. The first-order valence-corrected chi connectivity index (χ1v) is 11.1. The first-order valence-electron chi connectivity index (χ1n) is 11.1. The molecule has 0 radical (unpaired) electrons. The molecule has 0 fully saturated rings. The maximum absolute atomic E-state index is 13.1. The maximum atomic E-state index is 13.1. The van der Waals surface area contributed by atoms with Crippen LogP contribution in [0.5, 0.6) is 5.75 Å². The van der Waals surface area contributed by atoms with Gasteiger partial charge in [0.1, 0.15) is 5.75 Å². The van der Waals surface area contributed by atoms with Gasteiger partial charge in [-0.3, -0.25) is 9.59 Å². The molecule has 3 rings (SSSR count). The number of nitrogens with one attached hydrogen (secondary N) is 1. The van der Waals surface area contributed by atoms with Gasteiger partial charge in [0.2, 0.25) is 5.91 Å². The summed E-state index contributed by atoms with van der Waals surface area (Å²) in [7, 11) is 1.60. The topological polar surface area (TPSA) is 84.7 Å². The molecule has 1 heterocycles. The zero-order valence-electron chi connectivity index (χ0n) is 19.6. The van der Waals surface area contributed by atoms with E-state index in [4.69, 9.17) is 9.26 Å². The Labute approximate surface area is 194 Å². The minimum atomic E-state index is -0.254. The number of rotatable bonds is 10. The van der Waals surface area contributed by atoms with Crippen LogP contribution in [-0.4, -0.2) is 42.1 Å². The van der Waals surface area contributed by atoms with Gasteiger partial charge < -0.3 is 19.5 Å². The highest BCUT2D eigenvalue weighted by Crippen LogP contribution is 2.24. The third-order valence-corrected chi connectivity index (χ3v) is 5.26. The van der Waals surface area contributed by atoms with E-state index in [0.29, 0.717) is 18.8 Å². The Morgan fingerprint density at radius 2 is 1.76 bits per heavy atom. The highest BCUT2D eigenvalue weighted by atomic mass is 16.5. The molecule has 0 aliphatic heterocycles. The van der Waals surface area contributed by atoms with Gasteiger partial charge in [0.05, 0.1) is 13.2 Å². The molecule has 0 saturated carbocycles. The predicted molar refractivity (Wildman–Crippen MR) is 127 cm³/mol. The van der Waals surface area contributed by atoms with Gasteiger partial charge >= 0.3 is 0 Å². The summed E-state index contributed by atoms with van der Waals surface area (Å²) >= 11 is 0. The van der Waals surface area contributed by atoms with Crippen molar-refractivity contribution in [2.75, 3.05) is 20.2 Å². The fourth-order valence-corrected chi connectivity index (χ4v) is 3.52. The number of nitrogens with zero attached hydrogens (tertiary/aromatic N) is 2. The molecule has 2 amide bonds. The van der Waals surface area contributed by atoms with Gasteiger partial charge in [0.15, 0.2) is 11.5 Å². The van der Waals surface area contributed by atoms with Crippen molar-refractivity contribution in [1.29, 1.82) is 0 Å². The van der Waals surface area contributed by atoms with Gasteiger partial charge in [-0.1, -0.05) is 49.3 Å². The summed E-state index contributed by atoms with van der Waals surface area (Å²) < 4.78 is 10.6. The van der Waals surface area contributed by atoms with Gasteiger partial charge in [-0.2, -0.15) is 0 Å². The number of hydrogen-bond acceptors (Lipinski definition) is 5. The Kier molecular flexibility index (Phi) is 8.24. The number of carbonyl (C=O) groups excluding carboxylic acids is 2. The van der Waals surface area contributed by atoms with Crippen molar-refractivity contribution in [3.05, 3.63) is 71.9 Å². The maximum Gasteiger partial charge on any atom is 0.276 e. The summed E-state index contributed by atoms with van der Waals surface area (Å²) in [5.74, 6) is 1.12. The zero-order chi connectivity index (χ0) is 23.8. The molecule has 1 atom stereocenters. The van der Waals surface area contributed by atoms with Crippen molar-refractivity contribution in [2.24, 2.45) is 5.92 Å². The average Bonchev–Trinajstić information content (AvgIpc) is 3.32. The molecule has 0 bridgehead atoms. The van der Waals surface area contributed by atoms with Crippen LogP contribution < -0.4 is 10.1 Å². The second-order valence-electron chi connectivity index (χ2n) is 8.40. The number of aromatic nitrogens is 1. The summed E-state index contributed by atoms with van der Waals surface area (Å²) in [6.07, 6.45) is 0.207. The Balaban J connectivity index is 1.63. The Bertz CT molecular complexity index is 1040. The Morgan fingerprint density at radius 1 is 1.06 bits per heavy atom. The van der Waals surface area contributed by atoms with Crippen molar-refractivity contribution in [3.8, 4) is 17.1 Å². The van der Waals surface area contributed by atoms with Crippen LogP contribution >= 0.6 is 0 Å². The van der Waals surface area contributed by atoms with Crippen molar-refractivity contribution in [2.45, 2.75) is 33.2 Å². The van der Waals surface area contributed by atoms with Crippen LogP contribution in [0, 0.1) is 5.92 Å². The number of methoxy groups -OCH3 is 1. The first kappa shape index (κ1) is 24.0. The fourth-order valence-electron chi connectivity index (χ4n) is 3.52. The van der Waals surface area contributed by atoms with E-state index in [-0.39, 0.29) is 35.9 Å². The third kappa shape index (κ3) is 6.68. The normalized spacial score (nSPS) is 11.8. The highest BCUT2D eigenvalue weighted by molar-refractivity contribution is 5.93. The van der Waals surface area contributed by atoms with Crippen molar-refractivity contribution >= 4 is 11.8 Å². The van der Waals surface area contributed by atoms with E-state index in [1.807, 2.05) is 75.4 Å². The fraction of sp³-hybridized carbons (Fsp3) is 0.346. The molecule has 0 aliphatic rings. The third-order valence-electron chi connectivity index (χ3n) is 5.26. The summed E-state index contributed by atoms with van der Waals surface area (Å²) in [5, 5.41) is 6.98. The van der Waals surface area contributed by atoms with Gasteiger partial charge in [0.25, 0.3) is 5.91 Å². The molecule has 3 aromatic rings. The average molecular weight is 450 g/mol. The van der Waals surface area contributed by atoms with Crippen molar-refractivity contribution in [1.82, 2.24) is 15.4 Å². The monoisotopic (exact) mass is 449 g/mol. The molecular formula is C26H31N3O4. The molecule has 33 heavy (non-hydrogen) atoms. The quantitative estimate of drug-likeness (QED) is 0.484. The predicted octanol–water partition coefficient (Wildman–Crippen LogP) is 4.72. The van der Waals surface area contributed by atoms with E-state index in [9.17, 15) is 9.59 Å². The van der Waals surface area contributed by atoms with Crippen LogP contribution in [0.4, 0.5) is 0 Å². The van der Waals surface area contributed by atoms with Gasteiger partial charge in [-0.15, -0.1) is 0 Å². The molecule has 0 aliphatic carbocycles. The second-order valence-corrected chi connectivity index (χ2v) is 8.40.